The number of rotatable bonds is 4. The molecule has 0 saturated carbocycles. The second kappa shape index (κ2) is 9.32. The van der Waals surface area contributed by atoms with Gasteiger partial charge in [-0.05, 0) is 50.3 Å². The van der Waals surface area contributed by atoms with Crippen molar-refractivity contribution in [2.75, 3.05) is 36.0 Å². The Labute approximate surface area is 198 Å². The van der Waals surface area contributed by atoms with Gasteiger partial charge in [-0.3, -0.25) is 19.8 Å². The Balaban J connectivity index is 1.32. The second-order valence-electron chi connectivity index (χ2n) is 9.08. The number of fused-ring (bicyclic) bond motifs is 1. The van der Waals surface area contributed by atoms with Gasteiger partial charge in [0.05, 0.1) is 10.6 Å². The predicted molar refractivity (Wildman–Crippen MR) is 127 cm³/mol. The Hall–Kier alpha value is -3.62. The van der Waals surface area contributed by atoms with Gasteiger partial charge < -0.3 is 14.5 Å². The number of likely N-dealkylation sites (tertiary alicyclic amines) is 1. The molecule has 2 aromatic carbocycles. The molecule has 0 N–H and O–H groups in total. The first-order valence-corrected chi connectivity index (χ1v) is 11.9. The van der Waals surface area contributed by atoms with Crippen molar-refractivity contribution in [3.63, 3.8) is 0 Å². The lowest BCUT2D eigenvalue weighted by molar-refractivity contribution is -0.384. The molecule has 0 atom stereocenters. The molecule has 3 aliphatic heterocycles. The molecule has 9 nitrogen and oxygen atoms in total. The smallest absolute Gasteiger partial charge is 0.414 e. The lowest BCUT2D eigenvalue weighted by Gasteiger charge is -2.40. The summed E-state index contributed by atoms with van der Waals surface area (Å²) in [4.78, 5) is 42.4. The monoisotopic (exact) mass is 464 g/mol. The van der Waals surface area contributed by atoms with Gasteiger partial charge in [-0.2, -0.15) is 0 Å². The highest BCUT2D eigenvalue weighted by Crippen LogP contribution is 2.35. The summed E-state index contributed by atoms with van der Waals surface area (Å²) < 4.78 is 5.37. The van der Waals surface area contributed by atoms with Gasteiger partial charge in [0.25, 0.3) is 11.6 Å². The topological polar surface area (TPSA) is 96.2 Å². The maximum absolute atomic E-state index is 12.9. The molecule has 5 rings (SSSR count). The first-order chi connectivity index (χ1) is 16.5. The molecule has 3 aliphatic rings. The number of benzene rings is 2. The van der Waals surface area contributed by atoms with Gasteiger partial charge in [-0.15, -0.1) is 0 Å². The van der Waals surface area contributed by atoms with E-state index in [9.17, 15) is 19.7 Å². The first-order valence-electron chi connectivity index (χ1n) is 11.9. The molecule has 0 spiro atoms. The van der Waals surface area contributed by atoms with E-state index in [1.165, 1.54) is 6.07 Å². The van der Waals surface area contributed by atoms with Gasteiger partial charge in [-0.25, -0.2) is 4.79 Å². The fourth-order valence-corrected chi connectivity index (χ4v) is 5.24. The normalized spacial score (nSPS) is 18.9. The summed E-state index contributed by atoms with van der Waals surface area (Å²) >= 11 is 0. The number of carbonyl (C=O) groups is 2. The van der Waals surface area contributed by atoms with Crippen molar-refractivity contribution >= 4 is 29.1 Å². The Bertz CT molecular complexity index is 1110. The summed E-state index contributed by atoms with van der Waals surface area (Å²) in [5.74, 6) is -0.143. The lowest BCUT2D eigenvalue weighted by atomic mass is 9.99. The predicted octanol–water partition coefficient (Wildman–Crippen LogP) is 4.35. The summed E-state index contributed by atoms with van der Waals surface area (Å²) in [6, 6.07) is 12.5. The number of anilines is 2. The molecule has 2 fully saturated rings. The van der Waals surface area contributed by atoms with Crippen LogP contribution in [0, 0.1) is 10.1 Å². The van der Waals surface area contributed by atoms with Gasteiger partial charge in [0, 0.05) is 49.4 Å². The van der Waals surface area contributed by atoms with Crippen molar-refractivity contribution < 1.29 is 19.2 Å². The molecule has 2 saturated heterocycles. The number of hydrogen-bond donors (Lipinski definition) is 0. The van der Waals surface area contributed by atoms with E-state index in [4.69, 9.17) is 4.74 Å². The summed E-state index contributed by atoms with van der Waals surface area (Å²) in [6.45, 7) is 2.81. The molecule has 178 valence electrons. The molecule has 9 heteroatoms. The highest BCUT2D eigenvalue weighted by atomic mass is 16.6. The third kappa shape index (κ3) is 4.18. The molecule has 2 amide bonds. The Morgan fingerprint density at radius 2 is 1.71 bits per heavy atom. The Morgan fingerprint density at radius 1 is 0.971 bits per heavy atom. The van der Waals surface area contributed by atoms with Crippen molar-refractivity contribution in [1.82, 2.24) is 4.90 Å². The van der Waals surface area contributed by atoms with Crippen LogP contribution in [0.2, 0.25) is 0 Å². The molecule has 0 unspecified atom stereocenters. The zero-order valence-corrected chi connectivity index (χ0v) is 19.0. The van der Waals surface area contributed by atoms with Crippen LogP contribution in [0.5, 0.6) is 0 Å². The number of piperidine rings is 2. The first kappa shape index (κ1) is 22.2. The summed E-state index contributed by atoms with van der Waals surface area (Å²) in [5, 5.41) is 11.9. The maximum atomic E-state index is 12.9. The minimum Gasteiger partial charge on any atom is -0.444 e. The van der Waals surface area contributed by atoms with Crippen LogP contribution in [-0.2, 0) is 11.3 Å². The minimum atomic E-state index is -0.410. The fraction of sp³-hybridized carbons (Fsp3) is 0.440. The number of ether oxygens (including phenoxy) is 1. The molecule has 0 bridgehead atoms. The minimum absolute atomic E-state index is 0.0378. The summed E-state index contributed by atoms with van der Waals surface area (Å²) in [5.41, 5.74) is 2.68. The number of hydrogen-bond acceptors (Lipinski definition) is 6. The van der Waals surface area contributed by atoms with E-state index in [1.807, 2.05) is 29.2 Å². The third-order valence-electron chi connectivity index (χ3n) is 7.03. The van der Waals surface area contributed by atoms with Gasteiger partial charge >= 0.3 is 6.09 Å². The number of carbonyl (C=O) groups excluding carboxylic acids is 2. The quantitative estimate of drug-likeness (QED) is 0.493. The maximum Gasteiger partial charge on any atom is 0.414 e. The highest BCUT2D eigenvalue weighted by Gasteiger charge is 2.35. The lowest BCUT2D eigenvalue weighted by Crippen LogP contribution is -2.49. The van der Waals surface area contributed by atoms with E-state index < -0.39 is 4.92 Å². The van der Waals surface area contributed by atoms with Crippen molar-refractivity contribution in [3.05, 3.63) is 63.7 Å². The van der Waals surface area contributed by atoms with Crippen LogP contribution in [0.15, 0.2) is 42.5 Å². The molecule has 34 heavy (non-hydrogen) atoms. The van der Waals surface area contributed by atoms with Crippen LogP contribution in [-0.4, -0.2) is 54.0 Å². The SMILES string of the molecule is O=C(c1ccc(N2CCC(N3C(=O)OCc4ccccc43)CC2)c([N+](=O)[O-])c1)N1CCCCC1. The molecule has 0 aliphatic carbocycles. The number of cyclic esters (lactones) is 1. The van der Waals surface area contributed by atoms with Crippen LogP contribution in [0.3, 0.4) is 0 Å². The molecular weight excluding hydrogens is 436 g/mol. The van der Waals surface area contributed by atoms with Crippen LogP contribution < -0.4 is 9.80 Å². The molecule has 0 aromatic heterocycles. The molecule has 0 radical (unpaired) electrons. The van der Waals surface area contributed by atoms with Crippen molar-refractivity contribution in [2.45, 2.75) is 44.8 Å². The van der Waals surface area contributed by atoms with E-state index in [-0.39, 0.29) is 30.3 Å². The number of nitro groups is 1. The van der Waals surface area contributed by atoms with Crippen LogP contribution in [0.4, 0.5) is 21.9 Å². The van der Waals surface area contributed by atoms with Gasteiger partial charge in [-0.1, -0.05) is 18.2 Å². The van der Waals surface area contributed by atoms with Crippen molar-refractivity contribution in [3.8, 4) is 0 Å². The highest BCUT2D eigenvalue weighted by molar-refractivity contribution is 5.96. The average molecular weight is 465 g/mol. The van der Waals surface area contributed by atoms with E-state index in [0.29, 0.717) is 50.3 Å². The van der Waals surface area contributed by atoms with Crippen molar-refractivity contribution in [2.24, 2.45) is 0 Å². The fourth-order valence-electron chi connectivity index (χ4n) is 5.24. The average Bonchev–Trinajstić information content (AvgIpc) is 2.88. The number of nitrogens with zero attached hydrogens (tertiary/aromatic N) is 4. The number of nitro benzene ring substituents is 1. The van der Waals surface area contributed by atoms with E-state index in [2.05, 4.69) is 0 Å². The van der Waals surface area contributed by atoms with E-state index in [0.717, 1.165) is 30.5 Å². The van der Waals surface area contributed by atoms with E-state index >= 15 is 0 Å². The Morgan fingerprint density at radius 3 is 2.44 bits per heavy atom. The van der Waals surface area contributed by atoms with E-state index in [1.54, 1.807) is 21.9 Å². The Kier molecular flexibility index (Phi) is 6.08. The van der Waals surface area contributed by atoms with Crippen LogP contribution in [0.1, 0.15) is 48.0 Å². The molecule has 3 heterocycles. The van der Waals surface area contributed by atoms with Crippen LogP contribution >= 0.6 is 0 Å². The van der Waals surface area contributed by atoms with Gasteiger partial charge in [0.2, 0.25) is 0 Å². The summed E-state index contributed by atoms with van der Waals surface area (Å²) in [6.07, 6.45) is 4.03. The van der Waals surface area contributed by atoms with Gasteiger partial charge in [0.15, 0.2) is 0 Å². The third-order valence-corrected chi connectivity index (χ3v) is 7.03. The largest absolute Gasteiger partial charge is 0.444 e. The standard InChI is InChI=1S/C25H28N4O5/c30-24(27-12-4-1-5-13-27)18-8-9-22(23(16-18)29(32)33)26-14-10-20(11-15-26)28-21-7-3-2-6-19(21)17-34-25(28)31/h2-3,6-9,16,20H,1,4-5,10-15,17H2. The van der Waals surface area contributed by atoms with Gasteiger partial charge in [0.1, 0.15) is 12.3 Å². The zero-order valence-electron chi connectivity index (χ0n) is 19.0. The molecule has 2 aromatic rings. The van der Waals surface area contributed by atoms with Crippen LogP contribution in [0.25, 0.3) is 0 Å². The molecular formula is C25H28N4O5. The number of amides is 2. The second-order valence-corrected chi connectivity index (χ2v) is 9.08. The van der Waals surface area contributed by atoms with Crippen molar-refractivity contribution in [1.29, 1.82) is 0 Å². The number of para-hydroxylation sites is 1. The summed E-state index contributed by atoms with van der Waals surface area (Å²) in [7, 11) is 0. The zero-order chi connectivity index (χ0) is 23.7.